The molecule has 1 aliphatic rings. The van der Waals surface area contributed by atoms with Gasteiger partial charge >= 0.3 is 0 Å². The van der Waals surface area contributed by atoms with E-state index in [0.29, 0.717) is 38.8 Å². The summed E-state index contributed by atoms with van der Waals surface area (Å²) in [5.74, 6) is 0.0717. The van der Waals surface area contributed by atoms with Gasteiger partial charge in [-0.05, 0) is 37.0 Å². The van der Waals surface area contributed by atoms with Gasteiger partial charge in [0, 0.05) is 31.0 Å². The smallest absolute Gasteiger partial charge is 0.249 e. The largest absolute Gasteiger partial charge is 0.343 e. The van der Waals surface area contributed by atoms with Crippen molar-refractivity contribution < 1.29 is 13.2 Å². The van der Waals surface area contributed by atoms with Gasteiger partial charge in [0.1, 0.15) is 6.33 Å². The zero-order valence-corrected chi connectivity index (χ0v) is 16.9. The van der Waals surface area contributed by atoms with Crippen LogP contribution >= 0.6 is 15.9 Å². The summed E-state index contributed by atoms with van der Waals surface area (Å²) in [5, 5.41) is 6.86. The number of amides is 1. The highest BCUT2D eigenvalue weighted by molar-refractivity contribution is 9.10. The summed E-state index contributed by atoms with van der Waals surface area (Å²) in [5.41, 5.74) is 1.11. The molecule has 0 atom stereocenters. The molecule has 9 heteroatoms. The van der Waals surface area contributed by atoms with E-state index in [9.17, 15) is 13.2 Å². The molecule has 140 valence electrons. The molecule has 1 aromatic carbocycles. The van der Waals surface area contributed by atoms with Crippen molar-refractivity contribution in [3.8, 4) is 0 Å². The summed E-state index contributed by atoms with van der Waals surface area (Å²) < 4.78 is 27.7. The van der Waals surface area contributed by atoms with Gasteiger partial charge in [-0.15, -0.1) is 10.2 Å². The molecule has 0 spiro atoms. The van der Waals surface area contributed by atoms with Crippen LogP contribution in [0, 0.1) is 0 Å². The maximum absolute atomic E-state index is 12.7. The van der Waals surface area contributed by atoms with Crippen LogP contribution in [0.1, 0.15) is 24.8 Å². The molecule has 1 amide bonds. The molecule has 26 heavy (non-hydrogen) atoms. The predicted octanol–water partition coefficient (Wildman–Crippen LogP) is 1.98. The summed E-state index contributed by atoms with van der Waals surface area (Å²) in [4.78, 5) is 14.2. The Labute approximate surface area is 161 Å². The highest BCUT2D eigenvalue weighted by Gasteiger charge is 2.35. The van der Waals surface area contributed by atoms with Crippen LogP contribution in [0.4, 0.5) is 0 Å². The number of carbonyl (C=O) groups is 1. The third-order valence-corrected chi connectivity index (χ3v) is 7.45. The standard InChI is InChI=1S/C17H21BrN4O3S/c1-21-12-19-20-17(21)26(24,25)15-8-10-22(11-9-15)16(23)7-4-13-2-5-14(18)6-3-13/h2-3,5-6,12,15H,4,7-11H2,1H3. The normalized spacial score (nSPS) is 16.0. The van der Waals surface area contributed by atoms with E-state index in [1.165, 1.54) is 10.9 Å². The van der Waals surface area contributed by atoms with Gasteiger partial charge in [-0.3, -0.25) is 4.79 Å². The average Bonchev–Trinajstić information content (AvgIpc) is 3.08. The van der Waals surface area contributed by atoms with Crippen molar-refractivity contribution in [1.82, 2.24) is 19.7 Å². The van der Waals surface area contributed by atoms with Crippen LogP contribution in [0.3, 0.4) is 0 Å². The van der Waals surface area contributed by atoms with Crippen molar-refractivity contribution in [3.63, 3.8) is 0 Å². The Balaban J connectivity index is 1.54. The summed E-state index contributed by atoms with van der Waals surface area (Å²) in [6, 6.07) is 7.92. The number of carbonyl (C=O) groups excluding carboxylic acids is 1. The molecule has 3 rings (SSSR count). The molecule has 1 aliphatic heterocycles. The van der Waals surface area contributed by atoms with E-state index in [4.69, 9.17) is 0 Å². The van der Waals surface area contributed by atoms with Crippen molar-refractivity contribution >= 4 is 31.7 Å². The van der Waals surface area contributed by atoms with Crippen molar-refractivity contribution in [2.24, 2.45) is 7.05 Å². The van der Waals surface area contributed by atoms with Crippen LogP contribution in [0.15, 0.2) is 40.2 Å². The van der Waals surface area contributed by atoms with Crippen LogP contribution < -0.4 is 0 Å². The molecule has 0 N–H and O–H groups in total. The van der Waals surface area contributed by atoms with Gasteiger partial charge in [-0.25, -0.2) is 8.42 Å². The third-order valence-electron chi connectivity index (χ3n) is 4.70. The van der Waals surface area contributed by atoms with E-state index >= 15 is 0 Å². The van der Waals surface area contributed by atoms with Crippen molar-refractivity contribution in [2.45, 2.75) is 36.1 Å². The van der Waals surface area contributed by atoms with Gasteiger partial charge in [-0.1, -0.05) is 28.1 Å². The quantitative estimate of drug-likeness (QED) is 0.709. The molecular weight excluding hydrogens is 420 g/mol. The topological polar surface area (TPSA) is 85.2 Å². The van der Waals surface area contributed by atoms with Gasteiger partial charge < -0.3 is 9.47 Å². The van der Waals surface area contributed by atoms with Crippen molar-refractivity contribution in [3.05, 3.63) is 40.6 Å². The molecule has 0 bridgehead atoms. The van der Waals surface area contributed by atoms with Gasteiger partial charge in [0.25, 0.3) is 0 Å². The Morgan fingerprint density at radius 1 is 1.23 bits per heavy atom. The molecule has 0 unspecified atom stereocenters. The fourth-order valence-electron chi connectivity index (χ4n) is 3.16. The fraction of sp³-hybridized carbons (Fsp3) is 0.471. The predicted molar refractivity (Wildman–Crippen MR) is 100 cm³/mol. The number of sulfone groups is 1. The number of rotatable bonds is 5. The first-order valence-corrected chi connectivity index (χ1v) is 10.8. The van der Waals surface area contributed by atoms with E-state index in [0.717, 1.165) is 10.0 Å². The minimum atomic E-state index is -3.51. The molecule has 0 saturated carbocycles. The van der Waals surface area contributed by atoms with Gasteiger partial charge in [0.05, 0.1) is 5.25 Å². The second-order valence-electron chi connectivity index (χ2n) is 6.48. The lowest BCUT2D eigenvalue weighted by Crippen LogP contribution is -2.43. The van der Waals surface area contributed by atoms with E-state index in [-0.39, 0.29) is 11.1 Å². The number of aromatic nitrogens is 3. The number of benzene rings is 1. The fourth-order valence-corrected chi connectivity index (χ4v) is 5.16. The van der Waals surface area contributed by atoms with Gasteiger partial charge in [0.15, 0.2) is 0 Å². The van der Waals surface area contributed by atoms with Crippen LogP contribution in [-0.4, -0.2) is 52.3 Å². The number of likely N-dealkylation sites (tertiary alicyclic amines) is 1. The Kier molecular flexibility index (Phi) is 5.76. The minimum absolute atomic E-state index is 0.00230. The lowest BCUT2D eigenvalue weighted by Gasteiger charge is -2.31. The Morgan fingerprint density at radius 3 is 2.46 bits per heavy atom. The monoisotopic (exact) mass is 440 g/mol. The van der Waals surface area contributed by atoms with Gasteiger partial charge in [0.2, 0.25) is 20.9 Å². The highest BCUT2D eigenvalue weighted by Crippen LogP contribution is 2.23. The van der Waals surface area contributed by atoms with Crippen LogP contribution in [0.25, 0.3) is 0 Å². The summed E-state index contributed by atoms with van der Waals surface area (Å²) in [6.45, 7) is 0.918. The van der Waals surface area contributed by atoms with Gasteiger partial charge in [-0.2, -0.15) is 0 Å². The Morgan fingerprint density at radius 2 is 1.88 bits per heavy atom. The molecule has 2 aromatic rings. The van der Waals surface area contributed by atoms with E-state index < -0.39 is 15.1 Å². The van der Waals surface area contributed by atoms with Crippen LogP contribution in [0.5, 0.6) is 0 Å². The number of aryl methyl sites for hydroxylation is 2. The summed E-state index contributed by atoms with van der Waals surface area (Å²) in [6.07, 6.45) is 3.36. The van der Waals surface area contributed by atoms with E-state index in [1.54, 1.807) is 11.9 Å². The first kappa shape index (κ1) is 19.0. The molecule has 2 heterocycles. The van der Waals surface area contributed by atoms with Crippen LogP contribution in [0.2, 0.25) is 0 Å². The number of halogens is 1. The maximum Gasteiger partial charge on any atom is 0.249 e. The number of piperidine rings is 1. The molecule has 1 fully saturated rings. The Bertz CT molecular complexity index is 872. The zero-order chi connectivity index (χ0) is 18.7. The SMILES string of the molecule is Cn1cnnc1S(=O)(=O)C1CCN(C(=O)CCc2ccc(Br)cc2)CC1. The molecule has 7 nitrogen and oxygen atoms in total. The van der Waals surface area contributed by atoms with E-state index in [1.807, 2.05) is 24.3 Å². The highest BCUT2D eigenvalue weighted by atomic mass is 79.9. The summed E-state index contributed by atoms with van der Waals surface area (Å²) in [7, 11) is -1.89. The maximum atomic E-state index is 12.7. The van der Waals surface area contributed by atoms with Crippen molar-refractivity contribution in [1.29, 1.82) is 0 Å². The minimum Gasteiger partial charge on any atom is -0.343 e. The average molecular weight is 441 g/mol. The molecule has 0 aliphatic carbocycles. The molecule has 1 aromatic heterocycles. The Hall–Kier alpha value is -1.74. The first-order valence-electron chi connectivity index (χ1n) is 8.48. The molecular formula is C17H21BrN4O3S. The van der Waals surface area contributed by atoms with Crippen molar-refractivity contribution in [2.75, 3.05) is 13.1 Å². The molecule has 0 radical (unpaired) electrons. The second-order valence-corrected chi connectivity index (χ2v) is 9.51. The second kappa shape index (κ2) is 7.87. The van der Waals surface area contributed by atoms with Crippen LogP contribution in [-0.2, 0) is 28.1 Å². The number of hydrogen-bond donors (Lipinski definition) is 0. The third kappa shape index (κ3) is 4.15. The lowest BCUT2D eigenvalue weighted by molar-refractivity contribution is -0.132. The van der Waals surface area contributed by atoms with E-state index in [2.05, 4.69) is 26.1 Å². The molecule has 1 saturated heterocycles. The number of nitrogens with zero attached hydrogens (tertiary/aromatic N) is 4. The first-order chi connectivity index (χ1) is 12.4. The lowest BCUT2D eigenvalue weighted by atomic mass is 10.1. The number of hydrogen-bond acceptors (Lipinski definition) is 5. The zero-order valence-electron chi connectivity index (χ0n) is 14.5. The summed E-state index contributed by atoms with van der Waals surface area (Å²) >= 11 is 3.39.